The van der Waals surface area contributed by atoms with Gasteiger partial charge in [0.05, 0.1) is 17.8 Å². The summed E-state index contributed by atoms with van der Waals surface area (Å²) in [4.78, 5) is 26.2. The van der Waals surface area contributed by atoms with Crippen LogP contribution in [0, 0.1) is 5.92 Å². The molecule has 1 atom stereocenters. The van der Waals surface area contributed by atoms with Gasteiger partial charge in [-0.25, -0.2) is 0 Å². The first kappa shape index (κ1) is 13.1. The van der Waals surface area contributed by atoms with E-state index in [4.69, 9.17) is 0 Å². The van der Waals surface area contributed by atoms with Gasteiger partial charge < -0.3 is 10.2 Å². The van der Waals surface area contributed by atoms with Crippen molar-refractivity contribution >= 4 is 17.5 Å². The molecule has 0 unspecified atom stereocenters. The second-order valence-electron chi connectivity index (χ2n) is 5.78. The number of aryl methyl sites for hydroxylation is 1. The first-order valence-electron chi connectivity index (χ1n) is 7.22. The van der Waals surface area contributed by atoms with Crippen molar-refractivity contribution in [2.24, 2.45) is 13.0 Å². The maximum atomic E-state index is 12.2. The summed E-state index contributed by atoms with van der Waals surface area (Å²) in [5, 5.41) is 6.85. The molecule has 3 rings (SSSR count). The SMILES string of the molecule is Cn1cc(NC(=O)[C@H]2CC(=O)N(C3CCCC3)C2)cn1. The van der Waals surface area contributed by atoms with Crippen LogP contribution in [0.25, 0.3) is 0 Å². The van der Waals surface area contributed by atoms with E-state index in [1.54, 1.807) is 24.1 Å². The fourth-order valence-electron chi connectivity index (χ4n) is 3.21. The molecule has 1 aliphatic heterocycles. The van der Waals surface area contributed by atoms with Gasteiger partial charge in [0, 0.05) is 32.3 Å². The number of anilines is 1. The zero-order valence-corrected chi connectivity index (χ0v) is 11.7. The predicted octanol–water partition coefficient (Wildman–Crippen LogP) is 1.15. The van der Waals surface area contributed by atoms with E-state index in [-0.39, 0.29) is 17.7 Å². The molecule has 0 radical (unpaired) electrons. The van der Waals surface area contributed by atoms with Crippen LogP contribution < -0.4 is 5.32 Å². The van der Waals surface area contributed by atoms with Crippen LogP contribution in [-0.4, -0.2) is 39.1 Å². The van der Waals surface area contributed by atoms with Crippen LogP contribution in [0.3, 0.4) is 0 Å². The molecule has 20 heavy (non-hydrogen) atoms. The van der Waals surface area contributed by atoms with Gasteiger partial charge in [-0.05, 0) is 12.8 Å². The number of nitrogens with zero attached hydrogens (tertiary/aromatic N) is 3. The highest BCUT2D eigenvalue weighted by molar-refractivity contribution is 5.97. The molecule has 1 saturated heterocycles. The lowest BCUT2D eigenvalue weighted by Gasteiger charge is -2.23. The zero-order valence-electron chi connectivity index (χ0n) is 11.7. The van der Waals surface area contributed by atoms with E-state index in [1.807, 2.05) is 4.90 Å². The summed E-state index contributed by atoms with van der Waals surface area (Å²) in [7, 11) is 1.80. The highest BCUT2D eigenvalue weighted by Gasteiger charge is 2.38. The number of carbonyl (C=O) groups excluding carboxylic acids is 2. The second-order valence-corrected chi connectivity index (χ2v) is 5.78. The van der Waals surface area contributed by atoms with Crippen LogP contribution in [0.1, 0.15) is 32.1 Å². The monoisotopic (exact) mass is 276 g/mol. The van der Waals surface area contributed by atoms with Crippen LogP contribution >= 0.6 is 0 Å². The molecular weight excluding hydrogens is 256 g/mol. The van der Waals surface area contributed by atoms with E-state index in [0.29, 0.717) is 24.7 Å². The van der Waals surface area contributed by atoms with Crippen molar-refractivity contribution < 1.29 is 9.59 Å². The average Bonchev–Trinajstić information content (AvgIpc) is 3.10. The Morgan fingerprint density at radius 2 is 2.15 bits per heavy atom. The van der Waals surface area contributed by atoms with Gasteiger partial charge in [-0.15, -0.1) is 0 Å². The number of aromatic nitrogens is 2. The molecule has 1 aromatic heterocycles. The maximum Gasteiger partial charge on any atom is 0.229 e. The lowest BCUT2D eigenvalue weighted by Crippen LogP contribution is -2.35. The number of amides is 2. The zero-order chi connectivity index (χ0) is 14.1. The van der Waals surface area contributed by atoms with Gasteiger partial charge in [0.25, 0.3) is 0 Å². The topological polar surface area (TPSA) is 67.2 Å². The Morgan fingerprint density at radius 3 is 2.80 bits per heavy atom. The largest absolute Gasteiger partial charge is 0.339 e. The van der Waals surface area contributed by atoms with Gasteiger partial charge in [0.15, 0.2) is 0 Å². The summed E-state index contributed by atoms with van der Waals surface area (Å²) in [6.07, 6.45) is 8.27. The van der Waals surface area contributed by atoms with Gasteiger partial charge >= 0.3 is 0 Å². The van der Waals surface area contributed by atoms with Crippen molar-refractivity contribution in [2.75, 3.05) is 11.9 Å². The van der Waals surface area contributed by atoms with Crippen LogP contribution in [-0.2, 0) is 16.6 Å². The van der Waals surface area contributed by atoms with Crippen molar-refractivity contribution in [1.29, 1.82) is 0 Å². The average molecular weight is 276 g/mol. The summed E-state index contributed by atoms with van der Waals surface area (Å²) < 4.78 is 1.64. The Labute approximate surface area is 118 Å². The standard InChI is InChI=1S/C14H20N4O2/c1-17-9-11(7-15-17)16-14(20)10-6-13(19)18(8-10)12-4-2-3-5-12/h7,9-10,12H,2-6,8H2,1H3,(H,16,20)/t10-/m0/s1. The molecule has 0 bridgehead atoms. The van der Waals surface area contributed by atoms with Crippen LogP contribution in [0.4, 0.5) is 5.69 Å². The van der Waals surface area contributed by atoms with Crippen LogP contribution in [0.2, 0.25) is 0 Å². The molecular formula is C14H20N4O2. The maximum absolute atomic E-state index is 12.2. The lowest BCUT2D eigenvalue weighted by atomic mass is 10.1. The number of hydrogen-bond acceptors (Lipinski definition) is 3. The number of likely N-dealkylation sites (tertiary alicyclic amines) is 1. The van der Waals surface area contributed by atoms with Crippen LogP contribution in [0.5, 0.6) is 0 Å². The molecule has 0 aromatic carbocycles. The summed E-state index contributed by atoms with van der Waals surface area (Å²) in [6.45, 7) is 0.565. The third-order valence-corrected chi connectivity index (χ3v) is 4.27. The number of nitrogens with one attached hydrogen (secondary N) is 1. The highest BCUT2D eigenvalue weighted by Crippen LogP contribution is 2.29. The van der Waals surface area contributed by atoms with Crippen molar-refractivity contribution in [3.05, 3.63) is 12.4 Å². The third kappa shape index (κ3) is 2.55. The van der Waals surface area contributed by atoms with Crippen molar-refractivity contribution in [3.63, 3.8) is 0 Å². The number of carbonyl (C=O) groups is 2. The summed E-state index contributed by atoms with van der Waals surface area (Å²) >= 11 is 0. The number of rotatable bonds is 3. The van der Waals surface area contributed by atoms with E-state index in [0.717, 1.165) is 12.8 Å². The summed E-state index contributed by atoms with van der Waals surface area (Å²) in [5.41, 5.74) is 0.685. The first-order chi connectivity index (χ1) is 9.63. The molecule has 1 aliphatic carbocycles. The highest BCUT2D eigenvalue weighted by atomic mass is 16.2. The Balaban J connectivity index is 1.60. The Morgan fingerprint density at radius 1 is 1.40 bits per heavy atom. The molecule has 2 amide bonds. The van der Waals surface area contributed by atoms with E-state index < -0.39 is 0 Å². The molecule has 6 nitrogen and oxygen atoms in total. The molecule has 1 saturated carbocycles. The molecule has 6 heteroatoms. The van der Waals surface area contributed by atoms with Gasteiger partial charge in [-0.3, -0.25) is 14.3 Å². The second kappa shape index (κ2) is 5.26. The minimum absolute atomic E-state index is 0.0770. The first-order valence-corrected chi connectivity index (χ1v) is 7.22. The van der Waals surface area contributed by atoms with Crippen molar-refractivity contribution in [1.82, 2.24) is 14.7 Å². The Hall–Kier alpha value is -1.85. The molecule has 108 valence electrons. The van der Waals surface area contributed by atoms with Gasteiger partial charge in [0.1, 0.15) is 0 Å². The third-order valence-electron chi connectivity index (χ3n) is 4.27. The summed E-state index contributed by atoms with van der Waals surface area (Å²) in [5.74, 6) is -0.182. The summed E-state index contributed by atoms with van der Waals surface area (Å²) in [6, 6.07) is 0.360. The Bertz CT molecular complexity index is 519. The quantitative estimate of drug-likeness (QED) is 0.900. The molecule has 1 N–H and O–H groups in total. The number of hydrogen-bond donors (Lipinski definition) is 1. The van der Waals surface area contributed by atoms with E-state index in [9.17, 15) is 9.59 Å². The molecule has 2 heterocycles. The Kier molecular flexibility index (Phi) is 3.46. The van der Waals surface area contributed by atoms with Gasteiger partial charge in [0.2, 0.25) is 11.8 Å². The van der Waals surface area contributed by atoms with Gasteiger partial charge in [-0.2, -0.15) is 5.10 Å². The van der Waals surface area contributed by atoms with Crippen molar-refractivity contribution in [2.45, 2.75) is 38.1 Å². The normalized spacial score (nSPS) is 23.6. The molecule has 2 aliphatic rings. The minimum atomic E-state index is -0.233. The predicted molar refractivity (Wildman–Crippen MR) is 73.9 cm³/mol. The fourth-order valence-corrected chi connectivity index (χ4v) is 3.21. The smallest absolute Gasteiger partial charge is 0.229 e. The lowest BCUT2D eigenvalue weighted by molar-refractivity contribution is -0.129. The van der Waals surface area contributed by atoms with Crippen molar-refractivity contribution in [3.8, 4) is 0 Å². The van der Waals surface area contributed by atoms with Crippen LogP contribution in [0.15, 0.2) is 12.4 Å². The van der Waals surface area contributed by atoms with E-state index >= 15 is 0 Å². The molecule has 2 fully saturated rings. The fraction of sp³-hybridized carbons (Fsp3) is 0.643. The minimum Gasteiger partial charge on any atom is -0.339 e. The molecule has 0 spiro atoms. The molecule has 1 aromatic rings. The van der Waals surface area contributed by atoms with E-state index in [1.165, 1.54) is 12.8 Å². The van der Waals surface area contributed by atoms with Gasteiger partial charge in [-0.1, -0.05) is 12.8 Å². The van der Waals surface area contributed by atoms with E-state index in [2.05, 4.69) is 10.4 Å².